The third kappa shape index (κ3) is 3.60. The van der Waals surface area contributed by atoms with Gasteiger partial charge in [-0.15, -0.1) is 0 Å². The Morgan fingerprint density at radius 3 is 2.50 bits per heavy atom. The fraction of sp³-hybridized carbons (Fsp3) is 0.188. The number of ketones is 1. The molecule has 1 aromatic heterocycles. The molecule has 0 aliphatic carbocycles. The van der Waals surface area contributed by atoms with E-state index in [9.17, 15) is 9.59 Å². The summed E-state index contributed by atoms with van der Waals surface area (Å²) in [7, 11) is 5.16. The second-order valence-electron chi connectivity index (χ2n) is 4.81. The molecular formula is C16H17N3O3. The van der Waals surface area contributed by atoms with E-state index in [0.29, 0.717) is 0 Å². The van der Waals surface area contributed by atoms with Crippen molar-refractivity contribution in [2.45, 2.75) is 0 Å². The minimum atomic E-state index is -0.429. The van der Waals surface area contributed by atoms with Gasteiger partial charge in [0, 0.05) is 38.6 Å². The summed E-state index contributed by atoms with van der Waals surface area (Å²) in [6.07, 6.45) is 4.42. The van der Waals surface area contributed by atoms with E-state index in [2.05, 4.69) is 5.10 Å². The SMILES string of the molecule is COc1ccc(-n2ccc(=O)c(C(=O)/C=C/N(C)C)n2)cc1. The molecule has 0 N–H and O–H groups in total. The number of hydrogen-bond donors (Lipinski definition) is 0. The number of carbonyl (C=O) groups is 1. The van der Waals surface area contributed by atoms with Crippen LogP contribution in [0.4, 0.5) is 0 Å². The van der Waals surface area contributed by atoms with E-state index in [0.717, 1.165) is 11.4 Å². The van der Waals surface area contributed by atoms with Gasteiger partial charge in [-0.3, -0.25) is 9.59 Å². The molecule has 22 heavy (non-hydrogen) atoms. The van der Waals surface area contributed by atoms with Gasteiger partial charge in [-0.2, -0.15) is 5.10 Å². The topological polar surface area (TPSA) is 64.4 Å². The van der Waals surface area contributed by atoms with E-state index in [-0.39, 0.29) is 5.69 Å². The molecule has 0 saturated heterocycles. The number of nitrogens with zero attached hydrogens (tertiary/aromatic N) is 3. The van der Waals surface area contributed by atoms with Crippen molar-refractivity contribution >= 4 is 5.78 Å². The standard InChI is InChI=1S/C16H17N3O3/c1-18(2)10-8-14(20)16-15(21)9-11-19(17-16)12-4-6-13(22-3)7-5-12/h4-11H,1-3H3/b10-8+. The minimum absolute atomic E-state index is 0.114. The third-order valence-corrected chi connectivity index (χ3v) is 2.90. The van der Waals surface area contributed by atoms with E-state index < -0.39 is 11.2 Å². The number of methoxy groups -OCH3 is 1. The number of rotatable bonds is 5. The smallest absolute Gasteiger partial charge is 0.211 e. The monoisotopic (exact) mass is 299 g/mol. The summed E-state index contributed by atoms with van der Waals surface area (Å²) >= 11 is 0. The largest absolute Gasteiger partial charge is 0.497 e. The number of hydrogen-bond acceptors (Lipinski definition) is 5. The molecule has 1 aromatic carbocycles. The molecular weight excluding hydrogens is 282 g/mol. The Hall–Kier alpha value is -2.89. The molecule has 0 atom stereocenters. The van der Waals surface area contributed by atoms with Crippen molar-refractivity contribution in [2.24, 2.45) is 0 Å². The molecule has 0 bridgehead atoms. The molecule has 2 rings (SSSR count). The summed E-state index contributed by atoms with van der Waals surface area (Å²) in [4.78, 5) is 25.6. The van der Waals surface area contributed by atoms with Crippen LogP contribution < -0.4 is 10.2 Å². The second-order valence-corrected chi connectivity index (χ2v) is 4.81. The summed E-state index contributed by atoms with van der Waals surface area (Å²) in [5.74, 6) is 0.288. The van der Waals surface area contributed by atoms with E-state index in [1.165, 1.54) is 23.0 Å². The lowest BCUT2D eigenvalue weighted by molar-refractivity contribution is 0.103. The highest BCUT2D eigenvalue weighted by atomic mass is 16.5. The van der Waals surface area contributed by atoms with Crippen molar-refractivity contribution in [1.82, 2.24) is 14.7 Å². The average Bonchev–Trinajstić information content (AvgIpc) is 2.53. The van der Waals surface area contributed by atoms with E-state index in [1.807, 2.05) is 0 Å². The fourth-order valence-corrected chi connectivity index (χ4v) is 1.75. The van der Waals surface area contributed by atoms with Gasteiger partial charge in [0.2, 0.25) is 11.2 Å². The Morgan fingerprint density at radius 1 is 1.23 bits per heavy atom. The molecule has 114 valence electrons. The lowest BCUT2D eigenvalue weighted by atomic mass is 10.2. The lowest BCUT2D eigenvalue weighted by Crippen LogP contribution is -2.20. The Bertz CT molecular complexity index is 746. The van der Waals surface area contributed by atoms with Gasteiger partial charge < -0.3 is 9.64 Å². The van der Waals surface area contributed by atoms with Crippen LogP contribution in [0, 0.1) is 0 Å². The highest BCUT2D eigenvalue weighted by Gasteiger charge is 2.10. The summed E-state index contributed by atoms with van der Waals surface area (Å²) in [6.45, 7) is 0. The van der Waals surface area contributed by atoms with Gasteiger partial charge in [-0.25, -0.2) is 4.68 Å². The predicted octanol–water partition coefficient (Wildman–Crippen LogP) is 1.50. The Morgan fingerprint density at radius 2 is 1.91 bits per heavy atom. The molecule has 0 aliphatic heterocycles. The van der Waals surface area contributed by atoms with Gasteiger partial charge in [-0.05, 0) is 24.3 Å². The second kappa shape index (κ2) is 6.71. The molecule has 6 heteroatoms. The Balaban J connectivity index is 2.37. The van der Waals surface area contributed by atoms with Gasteiger partial charge in [0.25, 0.3) is 0 Å². The Kier molecular flexibility index (Phi) is 4.73. The fourth-order valence-electron chi connectivity index (χ4n) is 1.75. The number of allylic oxidation sites excluding steroid dienone is 1. The molecule has 1 heterocycles. The summed E-state index contributed by atoms with van der Waals surface area (Å²) in [5, 5.41) is 4.12. The van der Waals surface area contributed by atoms with Crippen LogP contribution in [0.25, 0.3) is 5.69 Å². The van der Waals surface area contributed by atoms with Crippen molar-refractivity contribution in [2.75, 3.05) is 21.2 Å². The first-order valence-corrected chi connectivity index (χ1v) is 6.64. The highest BCUT2D eigenvalue weighted by Crippen LogP contribution is 2.13. The molecule has 0 fully saturated rings. The molecule has 0 unspecified atom stereocenters. The van der Waals surface area contributed by atoms with Crippen LogP contribution in [0.2, 0.25) is 0 Å². The summed E-state index contributed by atoms with van der Waals surface area (Å²) in [6, 6.07) is 8.47. The maximum atomic E-state index is 12.0. The number of carbonyl (C=O) groups excluding carboxylic acids is 1. The zero-order valence-electron chi connectivity index (χ0n) is 12.7. The first-order valence-electron chi connectivity index (χ1n) is 6.64. The van der Waals surface area contributed by atoms with Crippen LogP contribution in [0.1, 0.15) is 10.5 Å². The van der Waals surface area contributed by atoms with E-state index in [1.54, 1.807) is 56.6 Å². The number of benzene rings is 1. The minimum Gasteiger partial charge on any atom is -0.497 e. The summed E-state index contributed by atoms with van der Waals surface area (Å²) in [5.41, 5.74) is 0.209. The van der Waals surface area contributed by atoms with Crippen molar-refractivity contribution in [3.8, 4) is 11.4 Å². The predicted molar refractivity (Wildman–Crippen MR) is 83.5 cm³/mol. The summed E-state index contributed by atoms with van der Waals surface area (Å²) < 4.78 is 6.58. The Labute approximate surface area is 128 Å². The van der Waals surface area contributed by atoms with E-state index in [4.69, 9.17) is 4.74 Å². The zero-order chi connectivity index (χ0) is 16.1. The van der Waals surface area contributed by atoms with E-state index >= 15 is 0 Å². The van der Waals surface area contributed by atoms with Crippen molar-refractivity contribution < 1.29 is 9.53 Å². The van der Waals surface area contributed by atoms with Crippen molar-refractivity contribution in [1.29, 1.82) is 0 Å². The number of ether oxygens (including phenoxy) is 1. The van der Waals surface area contributed by atoms with Crippen LogP contribution in [0.5, 0.6) is 5.75 Å². The average molecular weight is 299 g/mol. The molecule has 0 radical (unpaired) electrons. The highest BCUT2D eigenvalue weighted by molar-refractivity contribution is 6.02. The van der Waals surface area contributed by atoms with Crippen LogP contribution >= 0.6 is 0 Å². The quantitative estimate of drug-likeness (QED) is 0.618. The molecule has 0 spiro atoms. The van der Waals surface area contributed by atoms with Crippen LogP contribution in [0.3, 0.4) is 0 Å². The van der Waals surface area contributed by atoms with Crippen LogP contribution in [-0.2, 0) is 0 Å². The molecule has 0 aliphatic rings. The maximum absolute atomic E-state index is 12.0. The third-order valence-electron chi connectivity index (χ3n) is 2.90. The molecule has 0 saturated carbocycles. The van der Waals surface area contributed by atoms with Crippen molar-refractivity contribution in [3.05, 3.63) is 64.7 Å². The first-order chi connectivity index (χ1) is 10.5. The lowest BCUT2D eigenvalue weighted by Gasteiger charge is -2.07. The van der Waals surface area contributed by atoms with Crippen LogP contribution in [-0.4, -0.2) is 41.7 Å². The van der Waals surface area contributed by atoms with Gasteiger partial charge in [-0.1, -0.05) is 0 Å². The van der Waals surface area contributed by atoms with Gasteiger partial charge in [0.15, 0.2) is 5.69 Å². The molecule has 0 amide bonds. The van der Waals surface area contributed by atoms with Crippen LogP contribution in [0.15, 0.2) is 53.6 Å². The number of aromatic nitrogens is 2. The van der Waals surface area contributed by atoms with Crippen molar-refractivity contribution in [3.63, 3.8) is 0 Å². The molecule has 6 nitrogen and oxygen atoms in total. The normalized spacial score (nSPS) is 10.7. The zero-order valence-corrected chi connectivity index (χ0v) is 12.7. The maximum Gasteiger partial charge on any atom is 0.211 e. The first kappa shape index (κ1) is 15.5. The van der Waals surface area contributed by atoms with Gasteiger partial charge >= 0.3 is 0 Å². The molecule has 2 aromatic rings. The van der Waals surface area contributed by atoms with Gasteiger partial charge in [0.1, 0.15) is 5.75 Å². The van der Waals surface area contributed by atoms with Gasteiger partial charge in [0.05, 0.1) is 12.8 Å².